The molecular weight excluding hydrogens is 390 g/mol. The third kappa shape index (κ3) is 7.30. The van der Waals surface area contributed by atoms with Crippen LogP contribution < -0.4 is 10.6 Å². The monoisotopic (exact) mass is 417 g/mol. The summed E-state index contributed by atoms with van der Waals surface area (Å²) in [4.78, 5) is 39.7. The average Bonchev–Trinajstić information content (AvgIpc) is 3.14. The molecule has 1 aromatic heterocycles. The maximum atomic E-state index is 12.0. The summed E-state index contributed by atoms with van der Waals surface area (Å²) < 4.78 is 4.93. The summed E-state index contributed by atoms with van der Waals surface area (Å²) in [6.07, 6.45) is 0.709. The van der Waals surface area contributed by atoms with Crippen LogP contribution >= 0.6 is 11.3 Å². The number of aromatic nitrogens is 1. The van der Waals surface area contributed by atoms with E-state index in [1.54, 1.807) is 5.38 Å². The molecule has 0 bridgehead atoms. The second-order valence-corrected chi connectivity index (χ2v) is 7.95. The summed E-state index contributed by atoms with van der Waals surface area (Å²) in [5.74, 6) is -0.790. The van der Waals surface area contributed by atoms with E-state index in [9.17, 15) is 14.4 Å². The molecule has 7 nitrogen and oxygen atoms in total. The molecule has 0 saturated carbocycles. The number of ether oxygens (including phenoxy) is 1. The lowest BCUT2D eigenvalue weighted by molar-refractivity contribution is -0.147. The summed E-state index contributed by atoms with van der Waals surface area (Å²) in [6.45, 7) is 7.51. The van der Waals surface area contributed by atoms with Crippen LogP contribution in [0.3, 0.4) is 0 Å². The Hall–Kier alpha value is -2.74. The first kappa shape index (κ1) is 22.5. The molecule has 8 heteroatoms. The molecule has 0 aliphatic carbocycles. The fourth-order valence-corrected chi connectivity index (χ4v) is 3.23. The van der Waals surface area contributed by atoms with Gasteiger partial charge in [-0.3, -0.25) is 14.9 Å². The Balaban J connectivity index is 1.81. The third-order valence-electron chi connectivity index (χ3n) is 4.31. The Labute approximate surface area is 174 Å². The van der Waals surface area contributed by atoms with Gasteiger partial charge in [-0.05, 0) is 24.8 Å². The number of urea groups is 1. The number of imide groups is 1. The van der Waals surface area contributed by atoms with Crippen molar-refractivity contribution >= 4 is 29.2 Å². The van der Waals surface area contributed by atoms with E-state index in [0.717, 1.165) is 17.0 Å². The number of carbonyl (C=O) groups excluding carboxylic acids is 3. The highest BCUT2D eigenvalue weighted by Gasteiger charge is 2.14. The second-order valence-electron chi connectivity index (χ2n) is 7.09. The Morgan fingerprint density at radius 2 is 1.83 bits per heavy atom. The van der Waals surface area contributed by atoms with Crippen molar-refractivity contribution < 1.29 is 19.1 Å². The highest BCUT2D eigenvalue weighted by molar-refractivity contribution is 7.13. The second kappa shape index (κ2) is 10.7. The van der Waals surface area contributed by atoms with Crippen LogP contribution in [0.1, 0.15) is 51.3 Å². The van der Waals surface area contributed by atoms with Gasteiger partial charge in [0.1, 0.15) is 5.01 Å². The van der Waals surface area contributed by atoms with Gasteiger partial charge in [-0.25, -0.2) is 9.78 Å². The maximum Gasteiger partial charge on any atom is 0.321 e. The number of nitrogens with zero attached hydrogens (tertiary/aromatic N) is 1. The molecule has 1 atom stereocenters. The van der Waals surface area contributed by atoms with Gasteiger partial charge < -0.3 is 10.1 Å². The first-order chi connectivity index (χ1) is 13.8. The molecule has 2 aromatic rings. The minimum Gasteiger partial charge on any atom is -0.455 e. The number of rotatable bonds is 8. The number of hydrogen-bond donors (Lipinski definition) is 2. The smallest absolute Gasteiger partial charge is 0.321 e. The average molecular weight is 418 g/mol. The predicted octanol–water partition coefficient (Wildman–Crippen LogP) is 3.64. The molecule has 0 saturated heterocycles. The van der Waals surface area contributed by atoms with Crippen LogP contribution in [-0.4, -0.2) is 35.5 Å². The SMILES string of the molecule is CC[C@@H](C)NC(=O)NC(=O)COC(=O)Cc1csc(-c2ccc(C(C)C)cc2)n1. The van der Waals surface area contributed by atoms with Crippen LogP contribution in [0.5, 0.6) is 0 Å². The minimum absolute atomic E-state index is 0.0348. The number of amides is 3. The number of thiazole rings is 1. The largest absolute Gasteiger partial charge is 0.455 e. The van der Waals surface area contributed by atoms with Gasteiger partial charge in [0, 0.05) is 17.0 Å². The molecule has 0 aliphatic rings. The van der Waals surface area contributed by atoms with Crippen molar-refractivity contribution in [3.63, 3.8) is 0 Å². The van der Waals surface area contributed by atoms with Crippen molar-refractivity contribution in [3.8, 4) is 10.6 Å². The van der Waals surface area contributed by atoms with Crippen LogP contribution in [0.2, 0.25) is 0 Å². The summed E-state index contributed by atoms with van der Waals surface area (Å²) in [5.41, 5.74) is 2.83. The summed E-state index contributed by atoms with van der Waals surface area (Å²) in [7, 11) is 0. The van der Waals surface area contributed by atoms with E-state index in [4.69, 9.17) is 4.74 Å². The number of carbonyl (C=O) groups is 3. The number of esters is 1. The molecular formula is C21H27N3O4S. The zero-order valence-electron chi connectivity index (χ0n) is 17.2. The van der Waals surface area contributed by atoms with Gasteiger partial charge in [-0.2, -0.15) is 0 Å². The lowest BCUT2D eigenvalue weighted by Crippen LogP contribution is -2.44. The first-order valence-electron chi connectivity index (χ1n) is 9.59. The van der Waals surface area contributed by atoms with E-state index in [1.165, 1.54) is 16.9 Å². The van der Waals surface area contributed by atoms with Crippen LogP contribution in [-0.2, 0) is 20.7 Å². The molecule has 0 fully saturated rings. The Bertz CT molecular complexity index is 846. The van der Waals surface area contributed by atoms with Crippen molar-refractivity contribution in [2.24, 2.45) is 0 Å². The minimum atomic E-state index is -0.677. The molecule has 2 rings (SSSR count). The fraction of sp³-hybridized carbons (Fsp3) is 0.429. The van der Waals surface area contributed by atoms with Gasteiger partial charge in [0.2, 0.25) is 0 Å². The molecule has 3 amide bonds. The van der Waals surface area contributed by atoms with Gasteiger partial charge in [-0.15, -0.1) is 11.3 Å². The topological polar surface area (TPSA) is 97.4 Å². The van der Waals surface area contributed by atoms with E-state index < -0.39 is 24.5 Å². The van der Waals surface area contributed by atoms with E-state index in [2.05, 4.69) is 41.6 Å². The molecule has 0 spiro atoms. The molecule has 1 heterocycles. The van der Waals surface area contributed by atoms with Crippen LogP contribution in [0.25, 0.3) is 10.6 Å². The molecule has 1 aromatic carbocycles. The Morgan fingerprint density at radius 1 is 1.14 bits per heavy atom. The molecule has 29 heavy (non-hydrogen) atoms. The lowest BCUT2D eigenvalue weighted by Gasteiger charge is -2.11. The number of hydrogen-bond acceptors (Lipinski definition) is 6. The molecule has 0 unspecified atom stereocenters. The summed E-state index contributed by atoms with van der Waals surface area (Å²) in [6, 6.07) is 7.53. The van der Waals surface area contributed by atoms with E-state index in [1.807, 2.05) is 26.0 Å². The summed E-state index contributed by atoms with van der Waals surface area (Å²) in [5, 5.41) is 7.34. The number of benzene rings is 1. The van der Waals surface area contributed by atoms with E-state index in [-0.39, 0.29) is 12.5 Å². The summed E-state index contributed by atoms with van der Waals surface area (Å²) >= 11 is 1.45. The van der Waals surface area contributed by atoms with E-state index in [0.29, 0.717) is 11.6 Å². The van der Waals surface area contributed by atoms with Crippen molar-refractivity contribution in [2.75, 3.05) is 6.61 Å². The Kier molecular flexibility index (Phi) is 8.33. The van der Waals surface area contributed by atoms with Crippen molar-refractivity contribution in [2.45, 2.75) is 52.5 Å². The van der Waals surface area contributed by atoms with Gasteiger partial charge in [-0.1, -0.05) is 45.0 Å². The maximum absolute atomic E-state index is 12.0. The standard InChI is InChI=1S/C21H27N3O4S/c1-5-14(4)22-21(27)24-18(25)11-28-19(26)10-17-12-29-20(23-17)16-8-6-15(7-9-16)13(2)3/h6-9,12-14H,5,10-11H2,1-4H3,(H2,22,24,25,27)/t14-/m1/s1. The van der Waals surface area contributed by atoms with Gasteiger partial charge in [0.05, 0.1) is 12.1 Å². The Morgan fingerprint density at radius 3 is 2.45 bits per heavy atom. The van der Waals surface area contributed by atoms with Crippen molar-refractivity contribution in [1.82, 2.24) is 15.6 Å². The quantitative estimate of drug-likeness (QED) is 0.639. The lowest BCUT2D eigenvalue weighted by atomic mass is 10.0. The van der Waals surface area contributed by atoms with Crippen LogP contribution in [0, 0.1) is 0 Å². The fourth-order valence-electron chi connectivity index (χ4n) is 2.40. The van der Waals surface area contributed by atoms with E-state index >= 15 is 0 Å². The highest BCUT2D eigenvalue weighted by atomic mass is 32.1. The molecule has 156 valence electrons. The molecule has 0 radical (unpaired) electrons. The molecule has 0 aliphatic heterocycles. The normalized spacial score (nSPS) is 11.8. The highest BCUT2D eigenvalue weighted by Crippen LogP contribution is 2.26. The first-order valence-corrected chi connectivity index (χ1v) is 10.5. The zero-order chi connectivity index (χ0) is 21.4. The van der Waals surface area contributed by atoms with Crippen molar-refractivity contribution in [3.05, 3.63) is 40.9 Å². The van der Waals surface area contributed by atoms with Crippen LogP contribution in [0.15, 0.2) is 29.6 Å². The third-order valence-corrected chi connectivity index (χ3v) is 5.25. The molecule has 2 N–H and O–H groups in total. The number of nitrogens with one attached hydrogen (secondary N) is 2. The predicted molar refractivity (Wildman–Crippen MR) is 113 cm³/mol. The van der Waals surface area contributed by atoms with Crippen molar-refractivity contribution in [1.29, 1.82) is 0 Å². The van der Waals surface area contributed by atoms with Gasteiger partial charge in [0.15, 0.2) is 6.61 Å². The van der Waals surface area contributed by atoms with Gasteiger partial charge in [0.25, 0.3) is 5.91 Å². The zero-order valence-corrected chi connectivity index (χ0v) is 18.0. The van der Waals surface area contributed by atoms with Crippen LogP contribution in [0.4, 0.5) is 4.79 Å². The van der Waals surface area contributed by atoms with Gasteiger partial charge >= 0.3 is 12.0 Å².